The van der Waals surface area contributed by atoms with Gasteiger partial charge in [-0.25, -0.2) is 13.4 Å². The van der Waals surface area contributed by atoms with Crippen molar-refractivity contribution in [3.63, 3.8) is 0 Å². The van der Waals surface area contributed by atoms with E-state index < -0.39 is 16.1 Å². The third-order valence-electron chi connectivity index (χ3n) is 6.09. The molecule has 1 fully saturated rings. The zero-order valence-corrected chi connectivity index (χ0v) is 22.2. The average molecular weight is 548 g/mol. The average Bonchev–Trinajstić information content (AvgIpc) is 3.68. The largest absolute Gasteiger partial charge is 0.495 e. The van der Waals surface area contributed by atoms with Crippen LogP contribution in [0.15, 0.2) is 56.7 Å². The Balaban J connectivity index is 1.58. The number of furan rings is 1. The monoisotopic (exact) mass is 547 g/mol. The summed E-state index contributed by atoms with van der Waals surface area (Å²) in [6.07, 6.45) is 3.41. The number of ether oxygens (including phenoxy) is 2. The first-order valence-corrected chi connectivity index (χ1v) is 14.5. The van der Waals surface area contributed by atoms with E-state index in [1.54, 1.807) is 56.0 Å². The van der Waals surface area contributed by atoms with Crippen molar-refractivity contribution < 1.29 is 27.1 Å². The van der Waals surface area contributed by atoms with Crippen molar-refractivity contribution in [3.05, 3.63) is 53.8 Å². The van der Waals surface area contributed by atoms with Gasteiger partial charge in [-0.05, 0) is 48.6 Å². The predicted octanol–water partition coefficient (Wildman–Crippen LogP) is 4.74. The number of thiophene rings is 1. The van der Waals surface area contributed by atoms with Crippen LogP contribution in [0, 0.1) is 0 Å². The van der Waals surface area contributed by atoms with E-state index in [4.69, 9.17) is 18.9 Å². The molecule has 0 bridgehead atoms. The Morgan fingerprint density at radius 2 is 1.97 bits per heavy atom. The lowest BCUT2D eigenvalue weighted by molar-refractivity contribution is -0.123. The highest BCUT2D eigenvalue weighted by Gasteiger charge is 2.41. The van der Waals surface area contributed by atoms with Crippen molar-refractivity contribution in [2.24, 2.45) is 0 Å². The van der Waals surface area contributed by atoms with Crippen molar-refractivity contribution >= 4 is 54.0 Å². The lowest BCUT2D eigenvalue weighted by atomic mass is 10.0. The number of anilines is 1. The molecule has 4 aromatic rings. The van der Waals surface area contributed by atoms with Gasteiger partial charge in [0, 0.05) is 6.54 Å². The molecule has 1 aliphatic rings. The number of fused-ring (bicyclic) bond motifs is 1. The van der Waals surface area contributed by atoms with Gasteiger partial charge in [-0.15, -0.1) is 11.3 Å². The van der Waals surface area contributed by atoms with Crippen molar-refractivity contribution in [3.8, 4) is 11.5 Å². The Bertz CT molecular complexity index is 1410. The van der Waals surface area contributed by atoms with Gasteiger partial charge >= 0.3 is 0 Å². The molecule has 1 saturated heterocycles. The van der Waals surface area contributed by atoms with Gasteiger partial charge in [0.05, 0.1) is 27.0 Å². The second-order valence-electron chi connectivity index (χ2n) is 8.21. The fourth-order valence-electron chi connectivity index (χ4n) is 4.33. The van der Waals surface area contributed by atoms with Crippen molar-refractivity contribution in [1.29, 1.82) is 0 Å². The summed E-state index contributed by atoms with van der Waals surface area (Å²) in [4.78, 5) is 20.4. The number of hydrogen-bond donors (Lipinski definition) is 0. The van der Waals surface area contributed by atoms with Crippen LogP contribution in [-0.2, 0) is 21.4 Å². The number of thiazole rings is 1. The minimum atomic E-state index is -3.81. The number of hydrogen-bond acceptors (Lipinski definition) is 9. The fourth-order valence-corrected chi connectivity index (χ4v) is 8.18. The van der Waals surface area contributed by atoms with E-state index in [1.807, 2.05) is 0 Å². The first-order valence-electron chi connectivity index (χ1n) is 11.3. The zero-order chi connectivity index (χ0) is 25.3. The minimum Gasteiger partial charge on any atom is -0.495 e. The highest BCUT2D eigenvalue weighted by Crippen LogP contribution is 2.41. The van der Waals surface area contributed by atoms with Gasteiger partial charge in [0.25, 0.3) is 10.0 Å². The number of sulfonamides is 1. The lowest BCUT2D eigenvalue weighted by Gasteiger charge is -2.35. The Morgan fingerprint density at radius 1 is 1.17 bits per heavy atom. The molecule has 1 aromatic carbocycles. The van der Waals surface area contributed by atoms with Gasteiger partial charge in [-0.3, -0.25) is 9.69 Å². The number of piperidine rings is 1. The SMILES string of the molecule is COc1ccc(OC)c2sc(N(Cc3ccco3)C(=O)C3CCCCN3S(=O)(=O)c3cccs3)nc12. The molecular formula is C24H25N3O6S3. The van der Waals surface area contributed by atoms with E-state index in [0.717, 1.165) is 22.5 Å². The third kappa shape index (κ3) is 4.49. The predicted molar refractivity (Wildman–Crippen MR) is 138 cm³/mol. The molecule has 4 heterocycles. The number of aromatic nitrogens is 1. The molecule has 0 saturated carbocycles. The Morgan fingerprint density at radius 3 is 2.67 bits per heavy atom. The van der Waals surface area contributed by atoms with Crippen LogP contribution in [0.3, 0.4) is 0 Å². The maximum atomic E-state index is 14.1. The summed E-state index contributed by atoms with van der Waals surface area (Å²) in [6, 6.07) is 9.49. The second kappa shape index (κ2) is 10.2. The van der Waals surface area contributed by atoms with E-state index in [1.165, 1.54) is 26.8 Å². The summed E-state index contributed by atoms with van der Waals surface area (Å²) in [5.74, 6) is 1.38. The van der Waals surface area contributed by atoms with Gasteiger partial charge < -0.3 is 13.9 Å². The van der Waals surface area contributed by atoms with Crippen LogP contribution in [0.5, 0.6) is 11.5 Å². The van der Waals surface area contributed by atoms with Gasteiger partial charge in [0.1, 0.15) is 37.7 Å². The second-order valence-corrected chi connectivity index (χ2v) is 12.3. The van der Waals surface area contributed by atoms with E-state index in [9.17, 15) is 13.2 Å². The first-order chi connectivity index (χ1) is 17.4. The number of benzene rings is 1. The van der Waals surface area contributed by atoms with Crippen molar-refractivity contribution in [2.75, 3.05) is 25.7 Å². The summed E-state index contributed by atoms with van der Waals surface area (Å²) in [5, 5.41) is 2.13. The molecule has 9 nitrogen and oxygen atoms in total. The van der Waals surface area contributed by atoms with E-state index in [0.29, 0.717) is 40.7 Å². The van der Waals surface area contributed by atoms with Gasteiger partial charge in [-0.1, -0.05) is 23.8 Å². The summed E-state index contributed by atoms with van der Waals surface area (Å²) in [5.41, 5.74) is 0.570. The molecule has 1 aliphatic heterocycles. The summed E-state index contributed by atoms with van der Waals surface area (Å²) in [7, 11) is -0.685. The molecule has 0 spiro atoms. The van der Waals surface area contributed by atoms with Gasteiger partial charge in [0.2, 0.25) is 5.91 Å². The molecule has 5 rings (SSSR count). The smallest absolute Gasteiger partial charge is 0.253 e. The van der Waals surface area contributed by atoms with Crippen LogP contribution in [0.2, 0.25) is 0 Å². The molecule has 1 unspecified atom stereocenters. The van der Waals surface area contributed by atoms with Gasteiger partial charge in [-0.2, -0.15) is 4.31 Å². The number of nitrogens with zero attached hydrogens (tertiary/aromatic N) is 3. The van der Waals surface area contributed by atoms with Gasteiger partial charge in [0.15, 0.2) is 5.13 Å². The summed E-state index contributed by atoms with van der Waals surface area (Å²) < 4.78 is 45.7. The summed E-state index contributed by atoms with van der Waals surface area (Å²) >= 11 is 2.44. The van der Waals surface area contributed by atoms with E-state index in [-0.39, 0.29) is 23.2 Å². The fraction of sp³-hybridized carbons (Fsp3) is 0.333. The maximum Gasteiger partial charge on any atom is 0.253 e. The zero-order valence-electron chi connectivity index (χ0n) is 19.7. The standard InChI is InChI=1S/C24H25N3O6S3/c1-31-18-10-11-19(32-2)22-21(18)25-24(35-22)26(15-16-7-5-13-33-16)23(28)17-8-3-4-12-27(17)36(29,30)20-9-6-14-34-20/h5-7,9-11,13-14,17H,3-4,8,12,15H2,1-2H3. The normalized spacial score (nSPS) is 16.8. The molecule has 0 aliphatic carbocycles. The highest BCUT2D eigenvalue weighted by atomic mass is 32.2. The first kappa shape index (κ1) is 24.8. The van der Waals surface area contributed by atoms with Crippen molar-refractivity contribution in [1.82, 2.24) is 9.29 Å². The molecule has 36 heavy (non-hydrogen) atoms. The topological polar surface area (TPSA) is 102 Å². The number of carbonyl (C=O) groups is 1. The molecule has 3 aromatic heterocycles. The maximum absolute atomic E-state index is 14.1. The molecule has 1 atom stereocenters. The number of rotatable bonds is 8. The van der Waals surface area contributed by atoms with Crippen LogP contribution in [0.1, 0.15) is 25.0 Å². The molecule has 0 radical (unpaired) electrons. The van der Waals surface area contributed by atoms with Crippen LogP contribution in [0.4, 0.5) is 5.13 Å². The van der Waals surface area contributed by atoms with Crippen LogP contribution < -0.4 is 14.4 Å². The van der Waals surface area contributed by atoms with Crippen LogP contribution >= 0.6 is 22.7 Å². The van der Waals surface area contributed by atoms with E-state index >= 15 is 0 Å². The molecule has 1 amide bonds. The number of carbonyl (C=O) groups excluding carboxylic acids is 1. The van der Waals surface area contributed by atoms with Crippen LogP contribution in [0.25, 0.3) is 10.2 Å². The Hall–Kier alpha value is -2.93. The molecular weight excluding hydrogens is 522 g/mol. The highest BCUT2D eigenvalue weighted by molar-refractivity contribution is 7.91. The number of methoxy groups -OCH3 is 2. The van der Waals surface area contributed by atoms with Crippen molar-refractivity contribution in [2.45, 2.75) is 36.1 Å². The molecule has 190 valence electrons. The molecule has 12 heteroatoms. The van der Waals surface area contributed by atoms with Crippen LogP contribution in [-0.4, -0.2) is 50.4 Å². The quantitative estimate of drug-likeness (QED) is 0.314. The Labute approximate surface area is 216 Å². The summed E-state index contributed by atoms with van der Waals surface area (Å²) in [6.45, 7) is 0.395. The Kier molecular flexibility index (Phi) is 7.02. The number of amides is 1. The third-order valence-corrected chi connectivity index (χ3v) is 10.5. The lowest BCUT2D eigenvalue weighted by Crippen LogP contribution is -2.52. The minimum absolute atomic E-state index is 0.111. The van der Waals surface area contributed by atoms with E-state index in [2.05, 4.69) is 0 Å². The molecule has 0 N–H and O–H groups in total.